The first-order chi connectivity index (χ1) is 15.8. The van der Waals surface area contributed by atoms with Gasteiger partial charge in [0.1, 0.15) is 5.54 Å². The SMILES string of the molecule is C/C=C1\[C@H]2C=C(C)C[C@]1(N=CC=Cc1cccc(C(=O)OC(C)C)c1)c1ccc(=O)[nH]c1C2. The molecule has 1 heterocycles. The number of esters is 1. The second-order valence-electron chi connectivity index (χ2n) is 9.04. The van der Waals surface area contributed by atoms with Crippen molar-refractivity contribution in [3.8, 4) is 0 Å². The van der Waals surface area contributed by atoms with Gasteiger partial charge in [0.2, 0.25) is 5.56 Å². The minimum atomic E-state index is -0.511. The second kappa shape index (κ2) is 9.18. The molecule has 5 heteroatoms. The number of ether oxygens (including phenoxy) is 1. The molecule has 1 aromatic heterocycles. The fraction of sp³-hybridized carbons (Fsp3) is 0.321. The number of benzene rings is 1. The summed E-state index contributed by atoms with van der Waals surface area (Å²) in [7, 11) is 0. The highest BCUT2D eigenvalue weighted by Gasteiger charge is 2.46. The Kier molecular flexibility index (Phi) is 6.32. The molecule has 33 heavy (non-hydrogen) atoms. The topological polar surface area (TPSA) is 71.5 Å². The first kappa shape index (κ1) is 22.7. The molecular weight excluding hydrogens is 412 g/mol. The zero-order chi connectivity index (χ0) is 23.6. The predicted molar refractivity (Wildman–Crippen MR) is 133 cm³/mol. The smallest absolute Gasteiger partial charge is 0.338 e. The van der Waals surface area contributed by atoms with Crippen molar-refractivity contribution in [3.63, 3.8) is 0 Å². The summed E-state index contributed by atoms with van der Waals surface area (Å²) in [6.07, 6.45) is 11.5. The summed E-state index contributed by atoms with van der Waals surface area (Å²) < 4.78 is 5.29. The molecule has 170 valence electrons. The van der Waals surface area contributed by atoms with E-state index < -0.39 is 5.54 Å². The Hall–Kier alpha value is -3.47. The van der Waals surface area contributed by atoms with E-state index >= 15 is 0 Å². The van der Waals surface area contributed by atoms with Crippen LogP contribution in [0, 0.1) is 5.92 Å². The Balaban J connectivity index is 1.66. The van der Waals surface area contributed by atoms with Crippen LogP contribution in [0.15, 0.2) is 75.6 Å². The molecule has 1 N–H and O–H groups in total. The lowest BCUT2D eigenvalue weighted by molar-refractivity contribution is 0.0378. The molecular formula is C28H30N2O3. The molecule has 0 aliphatic heterocycles. The van der Waals surface area contributed by atoms with Crippen LogP contribution in [0.1, 0.15) is 61.3 Å². The Labute approximate surface area is 194 Å². The summed E-state index contributed by atoms with van der Waals surface area (Å²) >= 11 is 0. The van der Waals surface area contributed by atoms with Gasteiger partial charge in [-0.15, -0.1) is 0 Å². The third kappa shape index (κ3) is 4.54. The second-order valence-corrected chi connectivity index (χ2v) is 9.04. The molecule has 2 aliphatic carbocycles. The summed E-state index contributed by atoms with van der Waals surface area (Å²) in [5.41, 5.74) is 5.46. The van der Waals surface area contributed by atoms with E-state index in [2.05, 4.69) is 31.0 Å². The van der Waals surface area contributed by atoms with Crippen molar-refractivity contribution >= 4 is 18.3 Å². The van der Waals surface area contributed by atoms with Gasteiger partial charge in [-0.2, -0.15) is 0 Å². The first-order valence-electron chi connectivity index (χ1n) is 11.4. The Bertz CT molecular complexity index is 1250. The van der Waals surface area contributed by atoms with Crippen molar-refractivity contribution in [1.29, 1.82) is 0 Å². The Morgan fingerprint density at radius 2 is 2.09 bits per heavy atom. The van der Waals surface area contributed by atoms with Gasteiger partial charge in [-0.1, -0.05) is 35.9 Å². The average Bonchev–Trinajstić information content (AvgIpc) is 2.76. The van der Waals surface area contributed by atoms with Crippen LogP contribution in [0.3, 0.4) is 0 Å². The number of pyridine rings is 1. The number of rotatable bonds is 5. The van der Waals surface area contributed by atoms with E-state index in [4.69, 9.17) is 9.73 Å². The van der Waals surface area contributed by atoms with Crippen LogP contribution in [0.2, 0.25) is 0 Å². The molecule has 2 aliphatic rings. The van der Waals surface area contributed by atoms with E-state index in [1.54, 1.807) is 12.1 Å². The van der Waals surface area contributed by atoms with Crippen molar-refractivity contribution in [3.05, 3.63) is 98.5 Å². The molecule has 0 unspecified atom stereocenters. The van der Waals surface area contributed by atoms with Crippen molar-refractivity contribution in [2.75, 3.05) is 0 Å². The molecule has 0 saturated heterocycles. The molecule has 5 nitrogen and oxygen atoms in total. The number of allylic oxidation sites excluding steroid dienone is 3. The maximum absolute atomic E-state index is 12.2. The number of hydrogen-bond donors (Lipinski definition) is 1. The van der Waals surface area contributed by atoms with Gasteiger partial charge in [-0.25, -0.2) is 4.79 Å². The minimum Gasteiger partial charge on any atom is -0.459 e. The van der Waals surface area contributed by atoms with Crippen molar-refractivity contribution in [2.24, 2.45) is 10.9 Å². The summed E-state index contributed by atoms with van der Waals surface area (Å²) in [5, 5.41) is 0. The monoisotopic (exact) mass is 442 g/mol. The zero-order valence-corrected chi connectivity index (χ0v) is 19.6. The van der Waals surface area contributed by atoms with Gasteiger partial charge in [-0.05, 0) is 69.5 Å². The standard InChI is InChI=1S/C28H30N2O3/c1-5-23-22-14-19(4)17-28(23,24-11-12-26(31)30-25(24)16-22)29-13-7-9-20-8-6-10-21(15-20)27(32)33-18(2)3/h5-15,18,22H,16-17H2,1-4H3,(H,30,31)/b9-7?,23-5+,29-13?/t22-,28+/m0/s1. The molecule has 2 bridgehead atoms. The predicted octanol–water partition coefficient (Wildman–Crippen LogP) is 5.39. The average molecular weight is 443 g/mol. The van der Waals surface area contributed by atoms with Crippen LogP contribution in [0.5, 0.6) is 0 Å². The van der Waals surface area contributed by atoms with Crippen LogP contribution in [-0.4, -0.2) is 23.3 Å². The number of hydrogen-bond acceptors (Lipinski definition) is 4. The third-order valence-corrected chi connectivity index (χ3v) is 6.21. The maximum atomic E-state index is 12.2. The summed E-state index contributed by atoms with van der Waals surface area (Å²) in [4.78, 5) is 32.3. The third-order valence-electron chi connectivity index (χ3n) is 6.21. The Morgan fingerprint density at radius 3 is 2.85 bits per heavy atom. The highest BCUT2D eigenvalue weighted by molar-refractivity contribution is 5.90. The van der Waals surface area contributed by atoms with Gasteiger partial charge in [0, 0.05) is 35.9 Å². The Morgan fingerprint density at radius 1 is 1.27 bits per heavy atom. The largest absolute Gasteiger partial charge is 0.459 e. The fourth-order valence-corrected chi connectivity index (χ4v) is 5.03. The number of H-pyrrole nitrogens is 1. The van der Waals surface area contributed by atoms with E-state index in [0.717, 1.165) is 29.7 Å². The highest BCUT2D eigenvalue weighted by Crippen LogP contribution is 2.51. The summed E-state index contributed by atoms with van der Waals surface area (Å²) in [6, 6.07) is 10.9. The number of carbonyl (C=O) groups is 1. The van der Waals surface area contributed by atoms with Gasteiger partial charge in [0.25, 0.3) is 0 Å². The summed E-state index contributed by atoms with van der Waals surface area (Å²) in [5.74, 6) is -0.0899. The van der Waals surface area contributed by atoms with Crippen molar-refractivity contribution in [2.45, 2.75) is 52.2 Å². The molecule has 0 radical (unpaired) electrons. The minimum absolute atomic E-state index is 0.0775. The molecule has 0 spiro atoms. The van der Waals surface area contributed by atoms with E-state index in [0.29, 0.717) is 5.56 Å². The van der Waals surface area contributed by atoms with Crippen molar-refractivity contribution < 1.29 is 9.53 Å². The van der Waals surface area contributed by atoms with Crippen LogP contribution >= 0.6 is 0 Å². The number of aromatic nitrogens is 1. The number of carbonyl (C=O) groups excluding carboxylic acids is 1. The lowest BCUT2D eigenvalue weighted by Gasteiger charge is -2.45. The maximum Gasteiger partial charge on any atom is 0.338 e. The van der Waals surface area contributed by atoms with E-state index in [1.165, 1.54) is 11.1 Å². The number of nitrogens with one attached hydrogen (secondary N) is 1. The first-order valence-corrected chi connectivity index (χ1v) is 11.4. The van der Waals surface area contributed by atoms with Gasteiger partial charge in [0.15, 0.2) is 0 Å². The van der Waals surface area contributed by atoms with E-state index in [-0.39, 0.29) is 23.6 Å². The van der Waals surface area contributed by atoms with Gasteiger partial charge in [-0.3, -0.25) is 9.79 Å². The van der Waals surface area contributed by atoms with Crippen molar-refractivity contribution in [1.82, 2.24) is 4.98 Å². The number of aliphatic imine (C=N–C) groups is 1. The highest BCUT2D eigenvalue weighted by atomic mass is 16.5. The molecule has 0 fully saturated rings. The fourth-order valence-electron chi connectivity index (χ4n) is 5.03. The quantitative estimate of drug-likeness (QED) is 0.383. The lowest BCUT2D eigenvalue weighted by atomic mass is 9.63. The van der Waals surface area contributed by atoms with E-state index in [1.807, 2.05) is 56.5 Å². The molecule has 2 aromatic rings. The molecule has 1 aromatic carbocycles. The zero-order valence-electron chi connectivity index (χ0n) is 19.6. The normalized spacial score (nSPS) is 23.2. The van der Waals surface area contributed by atoms with E-state index in [9.17, 15) is 9.59 Å². The number of aromatic amines is 1. The van der Waals surface area contributed by atoms with Crippen LogP contribution in [0.25, 0.3) is 6.08 Å². The lowest BCUT2D eigenvalue weighted by Crippen LogP contribution is -2.40. The molecule has 4 rings (SSSR count). The molecule has 0 saturated carbocycles. The van der Waals surface area contributed by atoms with Crippen LogP contribution < -0.4 is 5.56 Å². The van der Waals surface area contributed by atoms with Crippen LogP contribution in [0.4, 0.5) is 0 Å². The van der Waals surface area contributed by atoms with Gasteiger partial charge < -0.3 is 9.72 Å². The summed E-state index contributed by atoms with van der Waals surface area (Å²) in [6.45, 7) is 7.89. The van der Waals surface area contributed by atoms with Gasteiger partial charge >= 0.3 is 5.97 Å². The number of fused-ring (bicyclic) bond motifs is 4. The molecule has 0 amide bonds. The molecule has 2 atom stereocenters. The van der Waals surface area contributed by atoms with Crippen LogP contribution in [-0.2, 0) is 16.7 Å². The van der Waals surface area contributed by atoms with Gasteiger partial charge in [0.05, 0.1) is 11.7 Å². The number of nitrogens with zero attached hydrogens (tertiary/aromatic N) is 1.